The van der Waals surface area contributed by atoms with E-state index >= 15 is 0 Å². The van der Waals surface area contributed by atoms with Crippen LogP contribution in [0.1, 0.15) is 188 Å². The molecule has 0 amide bonds. The molecule has 1 rings (SSSR count). The largest absolute Gasteiger partial charge is 0.356 e. The van der Waals surface area contributed by atoms with E-state index in [0.29, 0.717) is 6.17 Å². The zero-order chi connectivity index (χ0) is 25.9. The van der Waals surface area contributed by atoms with E-state index in [-0.39, 0.29) is 0 Å². The lowest BCUT2D eigenvalue weighted by Gasteiger charge is -2.33. The van der Waals surface area contributed by atoms with Crippen LogP contribution in [-0.4, -0.2) is 29.1 Å². The number of hydrogen-bond donors (Lipinski definition) is 0. The van der Waals surface area contributed by atoms with Crippen LogP contribution in [0.4, 0.5) is 0 Å². The molecule has 0 aromatic carbocycles. The summed E-state index contributed by atoms with van der Waals surface area (Å²) in [5, 5.41) is 0. The van der Waals surface area contributed by atoms with Crippen LogP contribution in [0.15, 0.2) is 12.4 Å². The molecule has 0 radical (unpaired) electrons. The minimum Gasteiger partial charge on any atom is -0.356 e. The minimum atomic E-state index is 0.643. The molecule has 36 heavy (non-hydrogen) atoms. The van der Waals surface area contributed by atoms with E-state index in [1.165, 1.54) is 180 Å². The molecule has 0 spiro atoms. The molecule has 1 aliphatic rings. The van der Waals surface area contributed by atoms with Crippen molar-refractivity contribution in [3.05, 3.63) is 12.4 Å². The lowest BCUT2D eigenvalue weighted by atomic mass is 10.0. The third-order valence-corrected chi connectivity index (χ3v) is 8.32. The van der Waals surface area contributed by atoms with Gasteiger partial charge in [0.25, 0.3) is 0 Å². The van der Waals surface area contributed by atoms with E-state index in [2.05, 4.69) is 43.0 Å². The molecule has 0 saturated carbocycles. The summed E-state index contributed by atoms with van der Waals surface area (Å²) in [5.41, 5.74) is 0. The molecule has 0 aromatic rings. The minimum absolute atomic E-state index is 0.643. The molecular formula is C34H68N2. The molecule has 0 unspecified atom stereocenters. The number of nitrogens with zero attached hydrogens (tertiary/aromatic N) is 2. The maximum Gasteiger partial charge on any atom is 0.101 e. The van der Waals surface area contributed by atoms with Gasteiger partial charge in [0.15, 0.2) is 0 Å². The van der Waals surface area contributed by atoms with Crippen LogP contribution < -0.4 is 0 Å². The van der Waals surface area contributed by atoms with Crippen molar-refractivity contribution >= 4 is 0 Å². The summed E-state index contributed by atoms with van der Waals surface area (Å²) >= 11 is 0. The van der Waals surface area contributed by atoms with Gasteiger partial charge in [0.2, 0.25) is 0 Å². The molecule has 0 bridgehead atoms. The molecule has 0 fully saturated rings. The summed E-state index contributed by atoms with van der Waals surface area (Å²) in [4.78, 5) is 5.34. The van der Waals surface area contributed by atoms with Crippen LogP contribution in [-0.2, 0) is 0 Å². The van der Waals surface area contributed by atoms with Crippen molar-refractivity contribution < 1.29 is 0 Å². The van der Waals surface area contributed by atoms with E-state index in [4.69, 9.17) is 0 Å². The van der Waals surface area contributed by atoms with E-state index in [1.807, 2.05) is 0 Å². The van der Waals surface area contributed by atoms with Crippen molar-refractivity contribution in [3.63, 3.8) is 0 Å². The van der Waals surface area contributed by atoms with Gasteiger partial charge in [-0.25, -0.2) is 0 Å². The summed E-state index contributed by atoms with van der Waals surface area (Å²) in [5.74, 6) is 0. The average molecular weight is 505 g/mol. The topological polar surface area (TPSA) is 6.48 Å². The van der Waals surface area contributed by atoms with E-state index in [9.17, 15) is 0 Å². The van der Waals surface area contributed by atoms with Gasteiger partial charge in [-0.3, -0.25) is 0 Å². The molecule has 1 aliphatic heterocycles. The van der Waals surface area contributed by atoms with Crippen molar-refractivity contribution in [1.82, 2.24) is 9.80 Å². The lowest BCUT2D eigenvalue weighted by molar-refractivity contribution is 0.135. The molecule has 0 saturated heterocycles. The monoisotopic (exact) mass is 505 g/mol. The third-order valence-electron chi connectivity index (χ3n) is 8.32. The Labute approximate surface area is 229 Å². The summed E-state index contributed by atoms with van der Waals surface area (Å²) < 4.78 is 0. The maximum atomic E-state index is 2.67. The van der Waals surface area contributed by atoms with E-state index in [1.54, 1.807) is 0 Å². The first-order valence-corrected chi connectivity index (χ1v) is 17.0. The van der Waals surface area contributed by atoms with Gasteiger partial charge in [0.1, 0.15) is 6.17 Å². The van der Waals surface area contributed by atoms with Crippen molar-refractivity contribution in [3.8, 4) is 0 Å². The smallest absolute Gasteiger partial charge is 0.101 e. The lowest BCUT2D eigenvalue weighted by Crippen LogP contribution is -2.39. The van der Waals surface area contributed by atoms with Gasteiger partial charge in [-0.15, -0.1) is 0 Å². The third kappa shape index (κ3) is 18.6. The summed E-state index contributed by atoms with van der Waals surface area (Å²) in [7, 11) is 0. The molecular weight excluding hydrogens is 436 g/mol. The predicted octanol–water partition coefficient (Wildman–Crippen LogP) is 11.6. The molecule has 0 aromatic heterocycles. The Balaban J connectivity index is 2.03. The second-order valence-corrected chi connectivity index (χ2v) is 11.8. The first-order valence-electron chi connectivity index (χ1n) is 17.0. The Bertz CT molecular complexity index is 438. The number of rotatable bonds is 28. The fraction of sp³-hybridized carbons (Fsp3) is 0.941. The van der Waals surface area contributed by atoms with Crippen molar-refractivity contribution in [1.29, 1.82) is 0 Å². The highest BCUT2D eigenvalue weighted by molar-refractivity contribution is 4.97. The zero-order valence-electron chi connectivity index (χ0n) is 25.4. The molecule has 0 atom stereocenters. The molecule has 2 nitrogen and oxygen atoms in total. The number of hydrogen-bond acceptors (Lipinski definition) is 2. The highest BCUT2D eigenvalue weighted by Gasteiger charge is 2.24. The molecule has 1 heterocycles. The van der Waals surface area contributed by atoms with Crippen LogP contribution in [0.2, 0.25) is 0 Å². The Morgan fingerprint density at radius 1 is 0.361 bits per heavy atom. The Hall–Kier alpha value is -0.660. The predicted molar refractivity (Wildman–Crippen MR) is 163 cm³/mol. The van der Waals surface area contributed by atoms with E-state index < -0.39 is 0 Å². The maximum absolute atomic E-state index is 2.67. The second-order valence-electron chi connectivity index (χ2n) is 11.8. The van der Waals surface area contributed by atoms with Gasteiger partial charge in [-0.1, -0.05) is 162 Å². The second kappa shape index (κ2) is 26.0. The number of unbranched alkanes of at least 4 members (excludes halogenated alkanes) is 22. The molecule has 214 valence electrons. The standard InChI is InChI=1S/C34H68N2/c1-4-7-10-13-14-15-16-17-18-19-20-21-22-23-24-25-26-29-34-35(30-27-11-8-5-2)32-33-36(34)31-28-12-9-6-3/h32-34H,4-31H2,1-3H3. The zero-order valence-corrected chi connectivity index (χ0v) is 25.4. The van der Waals surface area contributed by atoms with Gasteiger partial charge in [0, 0.05) is 25.5 Å². The van der Waals surface area contributed by atoms with Gasteiger partial charge >= 0.3 is 0 Å². The van der Waals surface area contributed by atoms with Gasteiger partial charge in [-0.2, -0.15) is 0 Å². The van der Waals surface area contributed by atoms with Gasteiger partial charge in [-0.05, 0) is 25.7 Å². The first kappa shape index (κ1) is 33.4. The fourth-order valence-corrected chi connectivity index (χ4v) is 5.83. The average Bonchev–Trinajstić information content (AvgIpc) is 3.27. The van der Waals surface area contributed by atoms with Crippen LogP contribution >= 0.6 is 0 Å². The summed E-state index contributed by atoms with van der Waals surface area (Å²) in [6.45, 7) is 9.45. The Kier molecular flexibility index (Phi) is 24.1. The van der Waals surface area contributed by atoms with Crippen LogP contribution in [0.25, 0.3) is 0 Å². The van der Waals surface area contributed by atoms with Crippen molar-refractivity contribution in [2.45, 2.75) is 194 Å². The quantitative estimate of drug-likeness (QED) is 0.0977. The van der Waals surface area contributed by atoms with Crippen molar-refractivity contribution in [2.24, 2.45) is 0 Å². The normalized spacial score (nSPS) is 14.0. The van der Waals surface area contributed by atoms with E-state index in [0.717, 1.165) is 0 Å². The Morgan fingerprint density at radius 3 is 0.972 bits per heavy atom. The first-order chi connectivity index (χ1) is 17.8. The SMILES string of the molecule is CCCCCCCCCCCCCCCCCCCC1N(CCCCCC)C=CN1CCCCCC. The van der Waals surface area contributed by atoms with Crippen LogP contribution in [0.3, 0.4) is 0 Å². The highest BCUT2D eigenvalue weighted by Crippen LogP contribution is 2.24. The van der Waals surface area contributed by atoms with Gasteiger partial charge in [0.05, 0.1) is 0 Å². The molecule has 0 aliphatic carbocycles. The molecule has 2 heteroatoms. The van der Waals surface area contributed by atoms with Crippen molar-refractivity contribution in [2.75, 3.05) is 13.1 Å². The fourth-order valence-electron chi connectivity index (χ4n) is 5.83. The van der Waals surface area contributed by atoms with Gasteiger partial charge < -0.3 is 9.80 Å². The Morgan fingerprint density at radius 2 is 0.639 bits per heavy atom. The van der Waals surface area contributed by atoms with Crippen LogP contribution in [0.5, 0.6) is 0 Å². The van der Waals surface area contributed by atoms with Crippen LogP contribution in [0, 0.1) is 0 Å². The summed E-state index contributed by atoms with van der Waals surface area (Å²) in [6.07, 6.45) is 42.5. The highest BCUT2D eigenvalue weighted by atomic mass is 15.4. The molecule has 0 N–H and O–H groups in total. The summed E-state index contributed by atoms with van der Waals surface area (Å²) in [6, 6.07) is 0.